The summed E-state index contributed by atoms with van der Waals surface area (Å²) in [5.41, 5.74) is 2.58. The molecule has 2 aromatic carbocycles. The SMILES string of the molecule is Cc1ccc(NC(=O)Cn2nc3n(CCCOC(C)C)c(=O)c4ccccc4n3c2=O)cc1C. The van der Waals surface area contributed by atoms with Crippen LogP contribution in [0.5, 0.6) is 0 Å². The lowest BCUT2D eigenvalue weighted by Gasteiger charge is -2.11. The second-order valence-corrected chi connectivity index (χ2v) is 8.67. The van der Waals surface area contributed by atoms with E-state index in [1.807, 2.05) is 45.9 Å². The largest absolute Gasteiger partial charge is 0.379 e. The van der Waals surface area contributed by atoms with Crippen molar-refractivity contribution >= 4 is 28.3 Å². The third-order valence-corrected chi connectivity index (χ3v) is 5.75. The molecule has 0 aliphatic carbocycles. The first-order valence-electron chi connectivity index (χ1n) is 11.4. The number of aromatic nitrogens is 4. The summed E-state index contributed by atoms with van der Waals surface area (Å²) in [6.07, 6.45) is 0.673. The molecule has 0 unspecified atom stereocenters. The van der Waals surface area contributed by atoms with Gasteiger partial charge in [-0.05, 0) is 69.5 Å². The maximum atomic E-state index is 13.3. The molecule has 0 radical (unpaired) electrons. The molecule has 0 spiro atoms. The van der Waals surface area contributed by atoms with E-state index in [0.717, 1.165) is 15.8 Å². The number of fused-ring (bicyclic) bond motifs is 3. The monoisotopic (exact) mass is 463 g/mol. The number of hydrogen-bond acceptors (Lipinski definition) is 5. The third kappa shape index (κ3) is 4.65. The number of ether oxygens (including phenoxy) is 1. The van der Waals surface area contributed by atoms with Crippen molar-refractivity contribution in [2.75, 3.05) is 11.9 Å². The van der Waals surface area contributed by atoms with Crippen LogP contribution in [0.1, 0.15) is 31.4 Å². The Morgan fingerprint density at radius 2 is 1.85 bits per heavy atom. The van der Waals surface area contributed by atoms with Crippen LogP contribution in [0.3, 0.4) is 0 Å². The van der Waals surface area contributed by atoms with Gasteiger partial charge in [0.2, 0.25) is 11.7 Å². The van der Waals surface area contributed by atoms with Gasteiger partial charge in [0, 0.05) is 18.8 Å². The van der Waals surface area contributed by atoms with E-state index >= 15 is 0 Å². The van der Waals surface area contributed by atoms with Gasteiger partial charge in [-0.1, -0.05) is 18.2 Å². The number of para-hydroxylation sites is 1. The number of carbonyl (C=O) groups is 1. The summed E-state index contributed by atoms with van der Waals surface area (Å²) in [4.78, 5) is 39.1. The van der Waals surface area contributed by atoms with Crippen LogP contribution in [-0.2, 0) is 22.6 Å². The fourth-order valence-corrected chi connectivity index (χ4v) is 3.87. The highest BCUT2D eigenvalue weighted by molar-refractivity contribution is 5.90. The summed E-state index contributed by atoms with van der Waals surface area (Å²) in [6.45, 7) is 8.41. The Kier molecular flexibility index (Phi) is 6.65. The lowest BCUT2D eigenvalue weighted by molar-refractivity contribution is -0.117. The Labute approximate surface area is 196 Å². The van der Waals surface area contributed by atoms with Crippen LogP contribution in [0.4, 0.5) is 5.69 Å². The number of nitrogens with one attached hydrogen (secondary N) is 1. The van der Waals surface area contributed by atoms with Crippen LogP contribution in [0.2, 0.25) is 0 Å². The molecule has 4 rings (SSSR count). The van der Waals surface area contributed by atoms with Gasteiger partial charge in [-0.15, -0.1) is 5.10 Å². The van der Waals surface area contributed by atoms with Gasteiger partial charge in [-0.25, -0.2) is 13.9 Å². The van der Waals surface area contributed by atoms with Gasteiger partial charge >= 0.3 is 5.69 Å². The Hall–Kier alpha value is -3.72. The molecule has 2 heterocycles. The zero-order valence-electron chi connectivity index (χ0n) is 19.9. The lowest BCUT2D eigenvalue weighted by atomic mass is 10.1. The van der Waals surface area contributed by atoms with Gasteiger partial charge in [0.15, 0.2) is 0 Å². The molecule has 0 saturated heterocycles. The van der Waals surface area contributed by atoms with Crippen LogP contribution in [-0.4, -0.2) is 37.4 Å². The number of amides is 1. The summed E-state index contributed by atoms with van der Waals surface area (Å²) in [6, 6.07) is 12.5. The molecule has 1 N–H and O–H groups in total. The molecule has 9 heteroatoms. The first-order chi connectivity index (χ1) is 16.3. The molecule has 0 aliphatic rings. The summed E-state index contributed by atoms with van der Waals surface area (Å²) < 4.78 is 9.56. The molecule has 0 saturated carbocycles. The number of nitrogens with zero attached hydrogens (tertiary/aromatic N) is 4. The molecule has 4 aromatic rings. The average molecular weight is 464 g/mol. The van der Waals surface area contributed by atoms with E-state index in [-0.39, 0.29) is 29.9 Å². The van der Waals surface area contributed by atoms with Gasteiger partial charge in [0.25, 0.3) is 5.56 Å². The highest BCUT2D eigenvalue weighted by Crippen LogP contribution is 2.14. The maximum absolute atomic E-state index is 13.3. The van der Waals surface area contributed by atoms with Gasteiger partial charge in [0.1, 0.15) is 6.54 Å². The molecule has 34 heavy (non-hydrogen) atoms. The molecule has 9 nitrogen and oxygen atoms in total. The normalized spacial score (nSPS) is 11.6. The van der Waals surface area contributed by atoms with Gasteiger partial charge in [-0.2, -0.15) is 0 Å². The predicted octanol–water partition coefficient (Wildman–Crippen LogP) is 2.88. The topological polar surface area (TPSA) is 99.6 Å². The molecular formula is C25H29N5O4. The summed E-state index contributed by atoms with van der Waals surface area (Å²) in [5.74, 6) is -0.172. The Morgan fingerprint density at radius 1 is 1.09 bits per heavy atom. The van der Waals surface area contributed by atoms with Crippen molar-refractivity contribution in [2.24, 2.45) is 0 Å². The predicted molar refractivity (Wildman–Crippen MR) is 131 cm³/mol. The molecule has 0 bridgehead atoms. The molecule has 0 aliphatic heterocycles. The molecular weight excluding hydrogens is 434 g/mol. The highest BCUT2D eigenvalue weighted by Gasteiger charge is 2.18. The fraction of sp³-hybridized carbons (Fsp3) is 0.360. The molecule has 1 amide bonds. The Morgan fingerprint density at radius 3 is 2.59 bits per heavy atom. The van der Waals surface area contributed by atoms with Gasteiger partial charge in [0.05, 0.1) is 17.0 Å². The van der Waals surface area contributed by atoms with E-state index in [0.29, 0.717) is 36.2 Å². The average Bonchev–Trinajstić information content (AvgIpc) is 3.11. The number of carbonyl (C=O) groups excluding carboxylic acids is 1. The van der Waals surface area contributed by atoms with Crippen molar-refractivity contribution < 1.29 is 9.53 Å². The zero-order valence-corrected chi connectivity index (χ0v) is 19.9. The summed E-state index contributed by atoms with van der Waals surface area (Å²) in [7, 11) is 0. The van der Waals surface area contributed by atoms with Crippen molar-refractivity contribution in [3.05, 3.63) is 74.4 Å². The summed E-state index contributed by atoms with van der Waals surface area (Å²) >= 11 is 0. The zero-order chi connectivity index (χ0) is 24.4. The number of benzene rings is 2. The van der Waals surface area contributed by atoms with E-state index in [1.54, 1.807) is 24.3 Å². The third-order valence-electron chi connectivity index (χ3n) is 5.75. The molecule has 0 fully saturated rings. The molecule has 0 atom stereocenters. The quantitative estimate of drug-likeness (QED) is 0.405. The first-order valence-corrected chi connectivity index (χ1v) is 11.4. The van der Waals surface area contributed by atoms with Gasteiger partial charge < -0.3 is 10.1 Å². The van der Waals surface area contributed by atoms with Crippen molar-refractivity contribution in [2.45, 2.75) is 53.3 Å². The van der Waals surface area contributed by atoms with E-state index < -0.39 is 5.69 Å². The molecule has 178 valence electrons. The van der Waals surface area contributed by atoms with Crippen LogP contribution in [0.25, 0.3) is 16.7 Å². The van der Waals surface area contributed by atoms with Gasteiger partial charge in [-0.3, -0.25) is 14.2 Å². The van der Waals surface area contributed by atoms with Crippen LogP contribution >= 0.6 is 0 Å². The fourth-order valence-electron chi connectivity index (χ4n) is 3.87. The summed E-state index contributed by atoms with van der Waals surface area (Å²) in [5, 5.41) is 7.61. The van der Waals surface area contributed by atoms with Crippen molar-refractivity contribution in [1.29, 1.82) is 0 Å². The number of hydrogen-bond donors (Lipinski definition) is 1. The minimum absolute atomic E-state index is 0.0889. The highest BCUT2D eigenvalue weighted by atomic mass is 16.5. The van der Waals surface area contributed by atoms with E-state index in [2.05, 4.69) is 10.4 Å². The smallest absolute Gasteiger partial charge is 0.352 e. The maximum Gasteiger partial charge on any atom is 0.352 e. The van der Waals surface area contributed by atoms with Crippen molar-refractivity contribution in [3.8, 4) is 0 Å². The van der Waals surface area contributed by atoms with Crippen molar-refractivity contribution in [3.63, 3.8) is 0 Å². The number of anilines is 1. The molecule has 2 aromatic heterocycles. The first kappa shape index (κ1) is 23.4. The Bertz CT molecular complexity index is 1480. The van der Waals surface area contributed by atoms with Crippen LogP contribution < -0.4 is 16.6 Å². The van der Waals surface area contributed by atoms with E-state index in [9.17, 15) is 14.4 Å². The standard InChI is InChI=1S/C25H29N5O4/c1-16(2)34-13-7-12-28-23(32)20-8-5-6-9-21(20)30-24(28)27-29(25(30)33)15-22(31)26-19-11-10-17(3)18(4)14-19/h5-6,8-11,14,16H,7,12-13,15H2,1-4H3,(H,26,31). The minimum Gasteiger partial charge on any atom is -0.379 e. The second kappa shape index (κ2) is 9.64. The second-order valence-electron chi connectivity index (χ2n) is 8.67. The van der Waals surface area contributed by atoms with Crippen LogP contribution in [0, 0.1) is 13.8 Å². The minimum atomic E-state index is -0.478. The van der Waals surface area contributed by atoms with Crippen LogP contribution in [0.15, 0.2) is 52.1 Å². The van der Waals surface area contributed by atoms with E-state index in [1.165, 1.54) is 8.97 Å². The number of rotatable bonds is 8. The van der Waals surface area contributed by atoms with Crippen molar-refractivity contribution in [1.82, 2.24) is 18.7 Å². The lowest BCUT2D eigenvalue weighted by Crippen LogP contribution is -2.29. The number of aryl methyl sites for hydroxylation is 3. The van der Waals surface area contributed by atoms with E-state index in [4.69, 9.17) is 4.74 Å². The Balaban J connectivity index is 1.70.